The summed E-state index contributed by atoms with van der Waals surface area (Å²) < 4.78 is 11.6. The van der Waals surface area contributed by atoms with Crippen LogP contribution in [0.2, 0.25) is 0 Å². The van der Waals surface area contributed by atoms with Crippen LogP contribution in [0.15, 0.2) is 43.0 Å². The maximum Gasteiger partial charge on any atom is 0.265 e. The molecule has 0 aliphatic carbocycles. The van der Waals surface area contributed by atoms with Crippen LogP contribution >= 0.6 is 7.37 Å². The predicted octanol–water partition coefficient (Wildman–Crippen LogP) is 1.39. The molecule has 0 bridgehead atoms. The van der Waals surface area contributed by atoms with Gasteiger partial charge >= 0.3 is 0 Å². The summed E-state index contributed by atoms with van der Waals surface area (Å²) in [6.07, 6.45) is 0.840. The van der Waals surface area contributed by atoms with Crippen LogP contribution in [0.3, 0.4) is 0 Å². The molecule has 0 aromatic heterocycles. The largest absolute Gasteiger partial charge is 0.343 e. The lowest BCUT2D eigenvalue weighted by Crippen LogP contribution is -2.42. The minimum Gasteiger partial charge on any atom is -0.343 e. The monoisotopic (exact) mass is 326 g/mol. The molecule has 0 aliphatic rings. The fourth-order valence-electron chi connectivity index (χ4n) is 1.74. The van der Waals surface area contributed by atoms with Crippen LogP contribution in [0.5, 0.6) is 0 Å². The van der Waals surface area contributed by atoms with Crippen LogP contribution in [0, 0.1) is 0 Å². The van der Waals surface area contributed by atoms with E-state index in [0.29, 0.717) is 5.06 Å². The predicted molar refractivity (Wildman–Crippen MR) is 81.8 cm³/mol. The molecule has 0 fully saturated rings. The third-order valence-corrected chi connectivity index (χ3v) is 3.52. The molecule has 22 heavy (non-hydrogen) atoms. The van der Waals surface area contributed by atoms with Crippen LogP contribution in [0.4, 0.5) is 0 Å². The third-order valence-electron chi connectivity index (χ3n) is 2.66. The lowest BCUT2D eigenvalue weighted by molar-refractivity contribution is -0.163. The van der Waals surface area contributed by atoms with E-state index in [4.69, 9.17) is 0 Å². The molecule has 120 valence electrons. The molecule has 1 rings (SSSR count). The molecule has 7 nitrogen and oxygen atoms in total. The van der Waals surface area contributed by atoms with Crippen LogP contribution in [0.25, 0.3) is 0 Å². The summed E-state index contributed by atoms with van der Waals surface area (Å²) in [6, 6.07) is 8.10. The van der Waals surface area contributed by atoms with Gasteiger partial charge < -0.3 is 9.79 Å². The van der Waals surface area contributed by atoms with Crippen molar-refractivity contribution in [2.24, 2.45) is 0 Å². The van der Waals surface area contributed by atoms with E-state index < -0.39 is 32.0 Å². The van der Waals surface area contributed by atoms with Crippen molar-refractivity contribution in [2.75, 3.05) is 26.0 Å². The van der Waals surface area contributed by atoms with Crippen molar-refractivity contribution < 1.29 is 24.3 Å². The van der Waals surface area contributed by atoms with Crippen molar-refractivity contribution in [1.82, 2.24) is 9.96 Å². The molecule has 0 spiro atoms. The molecule has 0 aliphatic heterocycles. The van der Waals surface area contributed by atoms with Crippen molar-refractivity contribution in [3.8, 4) is 0 Å². The van der Waals surface area contributed by atoms with E-state index in [0.717, 1.165) is 11.6 Å². The van der Waals surface area contributed by atoms with Crippen molar-refractivity contribution in [1.29, 1.82) is 0 Å². The average Bonchev–Trinajstić information content (AvgIpc) is 2.45. The highest BCUT2D eigenvalue weighted by Crippen LogP contribution is 2.36. The Hall–Kier alpha value is -1.95. The smallest absolute Gasteiger partial charge is 0.265 e. The maximum atomic E-state index is 12.4. The van der Waals surface area contributed by atoms with Gasteiger partial charge in [0.2, 0.25) is 7.37 Å². The molecule has 8 heteroatoms. The lowest BCUT2D eigenvalue weighted by atomic mass is 10.2. The molecule has 1 unspecified atom stereocenters. The molecule has 1 atom stereocenters. The summed E-state index contributed by atoms with van der Waals surface area (Å²) in [4.78, 5) is 34.6. The number of hydroxylamine groups is 2. The highest BCUT2D eigenvalue weighted by atomic mass is 31.2. The van der Waals surface area contributed by atoms with Gasteiger partial charge in [-0.1, -0.05) is 24.3 Å². The van der Waals surface area contributed by atoms with Gasteiger partial charge in [-0.3, -0.25) is 19.4 Å². The van der Waals surface area contributed by atoms with Crippen molar-refractivity contribution >= 4 is 19.2 Å². The quantitative estimate of drug-likeness (QED) is 0.341. The van der Waals surface area contributed by atoms with E-state index in [1.54, 1.807) is 18.2 Å². The van der Waals surface area contributed by atoms with Gasteiger partial charge in [-0.05, 0) is 12.1 Å². The average molecular weight is 326 g/mol. The molecule has 0 heterocycles. The van der Waals surface area contributed by atoms with Crippen LogP contribution in [-0.2, 0) is 9.36 Å². The molecule has 0 saturated carbocycles. The van der Waals surface area contributed by atoms with Gasteiger partial charge in [0.1, 0.15) is 6.54 Å². The lowest BCUT2D eigenvalue weighted by Gasteiger charge is -2.25. The van der Waals surface area contributed by atoms with Gasteiger partial charge in [0.15, 0.2) is 0 Å². The highest BCUT2D eigenvalue weighted by molar-refractivity contribution is 7.57. The molecule has 2 amide bonds. The number of rotatable bonds is 7. The van der Waals surface area contributed by atoms with E-state index >= 15 is 0 Å². The van der Waals surface area contributed by atoms with Crippen molar-refractivity contribution in [2.45, 2.75) is 0 Å². The highest BCUT2D eigenvalue weighted by Gasteiger charge is 2.26. The molecule has 1 aromatic rings. The van der Waals surface area contributed by atoms with Gasteiger partial charge in [-0.25, -0.2) is 5.06 Å². The minimum absolute atomic E-state index is 0.102. The van der Waals surface area contributed by atoms with Crippen LogP contribution < -0.4 is 0 Å². The summed E-state index contributed by atoms with van der Waals surface area (Å²) in [5, 5.41) is 9.86. The second-order valence-electron chi connectivity index (χ2n) is 4.83. The van der Waals surface area contributed by atoms with Gasteiger partial charge in [0, 0.05) is 12.2 Å². The summed E-state index contributed by atoms with van der Waals surface area (Å²) in [6.45, 7) is 3.88. The zero-order valence-electron chi connectivity index (χ0n) is 12.3. The van der Waals surface area contributed by atoms with E-state index in [-0.39, 0.29) is 12.1 Å². The zero-order valence-corrected chi connectivity index (χ0v) is 13.1. The molecule has 1 aromatic carbocycles. The normalized spacial score (nSPS) is 13.0. The second-order valence-corrected chi connectivity index (χ2v) is 7.21. The minimum atomic E-state index is -3.57. The number of benzene rings is 1. The van der Waals surface area contributed by atoms with Gasteiger partial charge in [-0.15, -0.1) is 6.58 Å². The van der Waals surface area contributed by atoms with E-state index in [2.05, 4.69) is 6.58 Å². The number of hydrogen-bond acceptors (Lipinski definition) is 4. The standard InChI is InChI=1S/C14H19N2O5P/c1-3-9-16(19)13(17)10-15(11-22(2,20)21)14(18)12-7-5-4-6-8-12/h3-8,19H,1,9-11H2,2H3,(H,20,21). The number of carbonyl (C=O) groups excluding carboxylic acids is 2. The first-order valence-corrected chi connectivity index (χ1v) is 8.77. The Morgan fingerprint density at radius 3 is 2.41 bits per heavy atom. The van der Waals surface area contributed by atoms with Crippen molar-refractivity contribution in [3.63, 3.8) is 0 Å². The Kier molecular flexibility index (Phi) is 6.49. The Balaban J connectivity index is 2.94. The molecule has 0 radical (unpaired) electrons. The summed E-state index contributed by atoms with van der Waals surface area (Å²) in [7, 11) is -3.57. The van der Waals surface area contributed by atoms with E-state index in [1.807, 2.05) is 0 Å². The Morgan fingerprint density at radius 2 is 1.91 bits per heavy atom. The van der Waals surface area contributed by atoms with E-state index in [1.165, 1.54) is 18.2 Å². The fraction of sp³-hybridized carbons (Fsp3) is 0.286. The summed E-state index contributed by atoms with van der Waals surface area (Å²) in [5.74, 6) is -1.32. The number of amides is 2. The Bertz CT molecular complexity index is 584. The number of nitrogens with zero attached hydrogens (tertiary/aromatic N) is 2. The van der Waals surface area contributed by atoms with Gasteiger partial charge in [-0.2, -0.15) is 0 Å². The van der Waals surface area contributed by atoms with Crippen LogP contribution in [0.1, 0.15) is 10.4 Å². The SMILES string of the molecule is C=CCN(O)C(=O)CN(CP(C)(=O)O)C(=O)c1ccccc1. The number of hydrogen-bond donors (Lipinski definition) is 2. The number of carbonyl (C=O) groups is 2. The maximum absolute atomic E-state index is 12.4. The van der Waals surface area contributed by atoms with E-state index in [9.17, 15) is 24.3 Å². The fourth-order valence-corrected chi connectivity index (χ4v) is 2.60. The third kappa shape index (κ3) is 5.81. The Morgan fingerprint density at radius 1 is 1.32 bits per heavy atom. The molecular formula is C14H19N2O5P. The molecule has 2 N–H and O–H groups in total. The first kappa shape index (κ1) is 18.1. The van der Waals surface area contributed by atoms with Gasteiger partial charge in [0.25, 0.3) is 11.8 Å². The zero-order chi connectivity index (χ0) is 16.8. The van der Waals surface area contributed by atoms with Crippen molar-refractivity contribution in [3.05, 3.63) is 48.6 Å². The summed E-state index contributed by atoms with van der Waals surface area (Å²) in [5.41, 5.74) is 0.289. The van der Waals surface area contributed by atoms with Gasteiger partial charge in [0.05, 0.1) is 12.8 Å². The first-order valence-electron chi connectivity index (χ1n) is 6.48. The molecular weight excluding hydrogens is 307 g/mol. The first-order chi connectivity index (χ1) is 10.2. The molecule has 0 saturated heterocycles. The Labute approximate surface area is 128 Å². The van der Waals surface area contributed by atoms with Crippen LogP contribution in [-0.4, -0.2) is 57.9 Å². The summed E-state index contributed by atoms with van der Waals surface area (Å²) >= 11 is 0. The second kappa shape index (κ2) is 7.89. The topological polar surface area (TPSA) is 98.2 Å².